The van der Waals surface area contributed by atoms with Crippen molar-refractivity contribution in [3.63, 3.8) is 0 Å². The molecular weight excluding hydrogens is 1130 g/mol. The van der Waals surface area contributed by atoms with Crippen molar-refractivity contribution in [2.75, 3.05) is 0 Å². The molecule has 6 heterocycles. The molecule has 10 aromatic carbocycles. The maximum absolute atomic E-state index is 10.7. The summed E-state index contributed by atoms with van der Waals surface area (Å²) < 4.78 is 8.71. The van der Waals surface area contributed by atoms with Gasteiger partial charge in [0.2, 0.25) is 0 Å². The van der Waals surface area contributed by atoms with Crippen molar-refractivity contribution in [2.45, 2.75) is 0 Å². The number of nitriles is 8. The second-order valence-corrected chi connectivity index (χ2v) is 22.2. The van der Waals surface area contributed by atoms with Crippen LogP contribution < -0.4 is 0 Å². The first-order valence-electron chi connectivity index (χ1n) is 29.0. The van der Waals surface area contributed by atoms with Gasteiger partial charge in [-0.25, -0.2) is 4.98 Å². The normalized spacial score (nSPS) is 11.2. The van der Waals surface area contributed by atoms with E-state index in [0.717, 1.165) is 5.56 Å². The number of hydrogen-bond acceptors (Lipinski definition) is 10. The molecule has 0 fully saturated rings. The first-order valence-corrected chi connectivity index (χ1v) is 29.0. The highest BCUT2D eigenvalue weighted by Crippen LogP contribution is 2.55. The van der Waals surface area contributed by atoms with Gasteiger partial charge in [0.1, 0.15) is 0 Å². The summed E-state index contributed by atoms with van der Waals surface area (Å²) in [4.78, 5) is 10.4. The van der Waals surface area contributed by atoms with Crippen molar-refractivity contribution in [1.82, 2.24) is 28.2 Å². The quantitative estimate of drug-likeness (QED) is 0.146. The van der Waals surface area contributed by atoms with Gasteiger partial charge >= 0.3 is 0 Å². The fourth-order valence-electron chi connectivity index (χ4n) is 13.6. The van der Waals surface area contributed by atoms with Gasteiger partial charge in [0.25, 0.3) is 0 Å². The van der Waals surface area contributed by atoms with Gasteiger partial charge in [0.05, 0.1) is 177 Å². The summed E-state index contributed by atoms with van der Waals surface area (Å²) in [6.45, 7) is 0. The lowest BCUT2D eigenvalue weighted by Gasteiger charge is -2.31. The summed E-state index contributed by atoms with van der Waals surface area (Å²) >= 11 is 0. The molecule has 0 atom stereocenters. The van der Waals surface area contributed by atoms with Gasteiger partial charge in [0, 0.05) is 66.6 Å². The summed E-state index contributed by atoms with van der Waals surface area (Å²) in [7, 11) is 0. The van der Waals surface area contributed by atoms with Gasteiger partial charge in [-0.2, -0.15) is 42.1 Å². The van der Waals surface area contributed by atoms with Crippen LogP contribution in [0.15, 0.2) is 219 Å². The van der Waals surface area contributed by atoms with Crippen molar-refractivity contribution in [3.8, 4) is 105 Å². The van der Waals surface area contributed by atoms with E-state index in [1.54, 1.807) is 60.9 Å². The Labute approximate surface area is 522 Å². The molecule has 0 spiro atoms. The van der Waals surface area contributed by atoms with E-state index in [1.165, 1.54) is 0 Å². The van der Waals surface area contributed by atoms with Crippen LogP contribution in [0.25, 0.3) is 144 Å². The van der Waals surface area contributed by atoms with Gasteiger partial charge < -0.3 is 18.3 Å². The van der Waals surface area contributed by atoms with Gasteiger partial charge in [0.15, 0.2) is 0 Å². The van der Waals surface area contributed by atoms with Crippen molar-refractivity contribution in [1.29, 1.82) is 42.1 Å². The molecule has 0 aliphatic carbocycles. The Kier molecular flexibility index (Phi) is 11.9. The van der Waals surface area contributed by atoms with E-state index in [4.69, 9.17) is 4.98 Å². The van der Waals surface area contributed by atoms with Crippen LogP contribution >= 0.6 is 0 Å². The molecule has 0 amide bonds. The van der Waals surface area contributed by atoms with Crippen molar-refractivity contribution in [2.24, 2.45) is 0 Å². The third kappa shape index (κ3) is 7.85. The highest BCUT2D eigenvalue weighted by Gasteiger charge is 2.36. The highest BCUT2D eigenvalue weighted by molar-refractivity contribution is 6.19. The van der Waals surface area contributed by atoms with Gasteiger partial charge in [-0.15, -0.1) is 0 Å². The lowest BCUT2D eigenvalue weighted by atomic mass is 9.91. The predicted molar refractivity (Wildman–Crippen MR) is 353 cm³/mol. The first-order chi connectivity index (χ1) is 45.3. The average Bonchev–Trinajstić information content (AvgIpc) is 1.42. The Bertz CT molecular complexity index is 6070. The predicted octanol–water partition coefficient (Wildman–Crippen LogP) is 16.8. The number of pyridine rings is 2. The third-order valence-electron chi connectivity index (χ3n) is 17.4. The minimum Gasteiger partial charge on any atom is -0.308 e. The van der Waals surface area contributed by atoms with E-state index in [0.29, 0.717) is 183 Å². The summed E-state index contributed by atoms with van der Waals surface area (Å²) in [5.74, 6) is 0. The molecule has 16 aromatic rings. The standard InChI is InChI=1S/C78H36N14/c79-37-45-9-17-65-55(29-45)56-30-46(38-80)10-18-66(56)89(65)75-73(54-25-27-87-28-26-54)76(90-67-19-11-47(39-81)31-57(67)58-32-48(40-82)12-20-68(58)90)78(92-71-23-15-51(43-85)35-61(71)62-36-52(44-86)16-24-72(62)92)77(74(75)64-8-4-7-63(88-64)53-5-2-1-3-6-53)91-69-21-13-49(41-83)33-59(69)60-34-50(42-84)14-22-70(60)91/h1-36H. The summed E-state index contributed by atoms with van der Waals surface area (Å²) in [6, 6.07) is 82.9. The van der Waals surface area contributed by atoms with Crippen LogP contribution in [0.1, 0.15) is 44.5 Å². The molecule has 0 unspecified atom stereocenters. The Morgan fingerprint density at radius 2 is 0.522 bits per heavy atom. The van der Waals surface area contributed by atoms with E-state index < -0.39 is 0 Å². The number of hydrogen-bond donors (Lipinski definition) is 0. The minimum atomic E-state index is 0.382. The van der Waals surface area contributed by atoms with Gasteiger partial charge in [-0.05, 0) is 175 Å². The largest absolute Gasteiger partial charge is 0.308 e. The molecule has 0 saturated carbocycles. The van der Waals surface area contributed by atoms with Crippen LogP contribution in [0.4, 0.5) is 0 Å². The third-order valence-corrected chi connectivity index (χ3v) is 17.4. The highest BCUT2D eigenvalue weighted by atomic mass is 15.1. The summed E-state index contributed by atoms with van der Waals surface area (Å²) in [5.41, 5.74) is 14.3. The van der Waals surface area contributed by atoms with Crippen molar-refractivity contribution in [3.05, 3.63) is 263 Å². The number of rotatable bonds is 7. The molecule has 92 heavy (non-hydrogen) atoms. The van der Waals surface area contributed by atoms with E-state index in [1.807, 2.05) is 158 Å². The topological polar surface area (TPSA) is 236 Å². The SMILES string of the molecule is N#Cc1ccc2c(c1)c1cc(C#N)ccc1n2-c1c(-c2ccncc2)c(-n2c3ccc(C#N)cc3c3cc(C#N)ccc32)c(-n2c3ccc(C#N)cc3c3cc(C#N)ccc32)c(-n2c3ccc(C#N)cc3c3cc(C#N)ccc32)c1-c1cccc(-c2ccccc2)n1. The van der Waals surface area contributed by atoms with Crippen molar-refractivity contribution < 1.29 is 0 Å². The van der Waals surface area contributed by atoms with Crippen LogP contribution in [0.3, 0.4) is 0 Å². The average molecular weight is 1170 g/mol. The second kappa shape index (κ2) is 20.7. The van der Waals surface area contributed by atoms with Crippen LogP contribution in [-0.4, -0.2) is 28.2 Å². The fraction of sp³-hybridized carbons (Fsp3) is 0. The Balaban J connectivity index is 1.31. The van der Waals surface area contributed by atoms with Crippen LogP contribution in [0.5, 0.6) is 0 Å². The van der Waals surface area contributed by atoms with Crippen LogP contribution in [-0.2, 0) is 0 Å². The molecule has 0 aliphatic rings. The molecule has 0 aliphatic heterocycles. The van der Waals surface area contributed by atoms with Crippen LogP contribution in [0.2, 0.25) is 0 Å². The molecule has 0 radical (unpaired) electrons. The van der Waals surface area contributed by atoms with Crippen LogP contribution in [0, 0.1) is 90.6 Å². The monoisotopic (exact) mass is 1170 g/mol. The molecule has 6 aromatic heterocycles. The van der Waals surface area contributed by atoms with Gasteiger partial charge in [-0.3, -0.25) is 4.98 Å². The lowest BCUT2D eigenvalue weighted by Crippen LogP contribution is -2.16. The number of aromatic nitrogens is 6. The molecule has 14 nitrogen and oxygen atoms in total. The van der Waals surface area contributed by atoms with Gasteiger partial charge in [-0.1, -0.05) is 36.4 Å². The maximum Gasteiger partial charge on any atom is 0.0991 e. The molecule has 418 valence electrons. The van der Waals surface area contributed by atoms with E-state index in [-0.39, 0.29) is 0 Å². The maximum atomic E-state index is 10.7. The molecule has 0 saturated heterocycles. The number of benzene rings is 10. The van der Waals surface area contributed by atoms with E-state index >= 15 is 0 Å². The zero-order chi connectivity index (χ0) is 62.5. The number of fused-ring (bicyclic) bond motifs is 12. The second-order valence-electron chi connectivity index (χ2n) is 22.2. The zero-order valence-electron chi connectivity index (χ0n) is 48.0. The minimum absolute atomic E-state index is 0.382. The van der Waals surface area contributed by atoms with Crippen molar-refractivity contribution >= 4 is 87.2 Å². The lowest BCUT2D eigenvalue weighted by molar-refractivity contribution is 1.04. The number of nitrogens with zero attached hydrogens (tertiary/aromatic N) is 14. The fourth-order valence-corrected chi connectivity index (χ4v) is 13.6. The zero-order valence-corrected chi connectivity index (χ0v) is 48.0. The molecule has 0 N–H and O–H groups in total. The summed E-state index contributed by atoms with van der Waals surface area (Å²) in [5, 5.41) is 90.9. The molecule has 0 bridgehead atoms. The van der Waals surface area contributed by atoms with E-state index in [9.17, 15) is 42.1 Å². The first kappa shape index (κ1) is 53.1. The Hall–Kier alpha value is -14.4. The summed E-state index contributed by atoms with van der Waals surface area (Å²) in [6.07, 6.45) is 3.47. The smallest absolute Gasteiger partial charge is 0.0991 e. The molecule has 16 rings (SSSR count). The molecular formula is C78H36N14. The molecule has 14 heteroatoms. The Morgan fingerprint density at radius 1 is 0.239 bits per heavy atom. The van der Waals surface area contributed by atoms with E-state index in [2.05, 4.69) is 71.8 Å². The Morgan fingerprint density at radius 3 is 0.837 bits per heavy atom.